The summed E-state index contributed by atoms with van der Waals surface area (Å²) in [6.07, 6.45) is 0.309. The number of aromatic hydroxyl groups is 1. The largest absolute Gasteiger partial charge is 0.508 e. The molecule has 0 aliphatic heterocycles. The number of ketones is 2. The van der Waals surface area contributed by atoms with Crippen molar-refractivity contribution in [2.75, 3.05) is 26.5 Å². The Balaban J connectivity index is 1.99. The Morgan fingerprint density at radius 3 is 2.44 bits per heavy atom. The van der Waals surface area contributed by atoms with Crippen molar-refractivity contribution in [3.8, 4) is 5.75 Å². The zero-order valence-electron chi connectivity index (χ0n) is 17.8. The number of Topliss-reactive ketones (excluding diaryl/α,β-unsaturated/α-hetero) is 2. The van der Waals surface area contributed by atoms with Crippen LogP contribution in [-0.2, 0) is 20.8 Å². The summed E-state index contributed by atoms with van der Waals surface area (Å²) in [6, 6.07) is 1.92. The van der Waals surface area contributed by atoms with Gasteiger partial charge in [-0.25, -0.2) is 0 Å². The molecule has 1 aromatic rings. The highest BCUT2D eigenvalue weighted by Gasteiger charge is 2.64. The van der Waals surface area contributed by atoms with E-state index in [0.29, 0.717) is 11.3 Å². The molecule has 3 aliphatic carbocycles. The number of anilines is 1. The third-order valence-corrected chi connectivity index (χ3v) is 6.87. The van der Waals surface area contributed by atoms with E-state index in [2.05, 4.69) is 5.32 Å². The van der Waals surface area contributed by atoms with Gasteiger partial charge in [0.25, 0.3) is 5.91 Å². The van der Waals surface area contributed by atoms with Crippen molar-refractivity contribution in [3.05, 3.63) is 40.2 Å². The van der Waals surface area contributed by atoms with E-state index < -0.39 is 58.0 Å². The van der Waals surface area contributed by atoms with Crippen molar-refractivity contribution in [3.63, 3.8) is 0 Å². The van der Waals surface area contributed by atoms with E-state index in [1.807, 2.05) is 0 Å². The van der Waals surface area contributed by atoms with E-state index in [1.165, 1.54) is 11.0 Å². The molecule has 0 unspecified atom stereocenters. The van der Waals surface area contributed by atoms with Gasteiger partial charge in [0.15, 0.2) is 11.4 Å². The van der Waals surface area contributed by atoms with Crippen molar-refractivity contribution in [2.24, 2.45) is 17.6 Å². The highest BCUT2D eigenvalue weighted by atomic mass is 16.3. The van der Waals surface area contributed by atoms with Gasteiger partial charge in [0.05, 0.1) is 11.6 Å². The Morgan fingerprint density at radius 1 is 1.22 bits per heavy atom. The van der Waals surface area contributed by atoms with Crippen LogP contribution in [0.25, 0.3) is 5.76 Å². The molecule has 32 heavy (non-hydrogen) atoms. The summed E-state index contributed by atoms with van der Waals surface area (Å²) < 4.78 is 0. The van der Waals surface area contributed by atoms with Crippen LogP contribution < -0.4 is 11.1 Å². The van der Waals surface area contributed by atoms with E-state index in [9.17, 15) is 34.8 Å². The van der Waals surface area contributed by atoms with Gasteiger partial charge >= 0.3 is 0 Å². The Hall–Kier alpha value is -3.37. The number of nitrogens with zero attached hydrogens (tertiary/aromatic N) is 1. The Morgan fingerprint density at radius 2 is 1.88 bits per heavy atom. The lowest BCUT2D eigenvalue weighted by Crippen LogP contribution is -2.65. The zero-order valence-corrected chi connectivity index (χ0v) is 17.8. The quantitative estimate of drug-likeness (QED) is 0.278. The number of rotatable bonds is 3. The molecular formula is C22H25N3O7. The number of carbonyl (C=O) groups is 3. The fraction of sp³-hybridized carbons (Fsp3) is 0.409. The van der Waals surface area contributed by atoms with E-state index in [-0.39, 0.29) is 29.7 Å². The summed E-state index contributed by atoms with van der Waals surface area (Å²) in [5.41, 5.74) is 2.98. The monoisotopic (exact) mass is 443 g/mol. The summed E-state index contributed by atoms with van der Waals surface area (Å²) in [7, 11) is 4.80. The van der Waals surface area contributed by atoms with Crippen LogP contribution in [0.3, 0.4) is 0 Å². The zero-order chi connectivity index (χ0) is 23.7. The van der Waals surface area contributed by atoms with Gasteiger partial charge in [0, 0.05) is 24.2 Å². The fourth-order valence-corrected chi connectivity index (χ4v) is 5.48. The predicted molar refractivity (Wildman–Crippen MR) is 114 cm³/mol. The van der Waals surface area contributed by atoms with E-state index in [0.717, 1.165) is 0 Å². The molecule has 0 spiro atoms. The average molecular weight is 443 g/mol. The summed E-state index contributed by atoms with van der Waals surface area (Å²) >= 11 is 0. The summed E-state index contributed by atoms with van der Waals surface area (Å²) in [4.78, 5) is 40.0. The number of amides is 1. The first-order valence-electron chi connectivity index (χ1n) is 10.1. The molecule has 10 heteroatoms. The van der Waals surface area contributed by atoms with Crippen molar-refractivity contribution in [2.45, 2.75) is 24.5 Å². The molecule has 0 heterocycles. The number of fused-ring (bicyclic) bond motifs is 3. The smallest absolute Gasteiger partial charge is 0.255 e. The van der Waals surface area contributed by atoms with Gasteiger partial charge in [0.1, 0.15) is 22.8 Å². The molecule has 170 valence electrons. The number of primary amides is 1. The van der Waals surface area contributed by atoms with Gasteiger partial charge in [-0.1, -0.05) is 0 Å². The van der Waals surface area contributed by atoms with Crippen LogP contribution in [0.1, 0.15) is 17.5 Å². The van der Waals surface area contributed by atoms with Gasteiger partial charge in [-0.2, -0.15) is 0 Å². The lowest BCUT2D eigenvalue weighted by molar-refractivity contribution is -0.153. The van der Waals surface area contributed by atoms with Gasteiger partial charge in [-0.15, -0.1) is 0 Å². The van der Waals surface area contributed by atoms with Crippen molar-refractivity contribution >= 4 is 28.9 Å². The normalized spacial score (nSPS) is 29.6. The minimum Gasteiger partial charge on any atom is -0.508 e. The average Bonchev–Trinajstić information content (AvgIpc) is 2.70. The minimum atomic E-state index is -2.62. The molecule has 1 aromatic carbocycles. The van der Waals surface area contributed by atoms with Gasteiger partial charge in [-0.05, 0) is 50.6 Å². The maximum Gasteiger partial charge on any atom is 0.255 e. The Kier molecular flexibility index (Phi) is 4.83. The second-order valence-corrected chi connectivity index (χ2v) is 8.70. The number of likely N-dealkylation sites (N-methyl/N-ethyl adjacent to an activating group) is 1. The van der Waals surface area contributed by atoms with E-state index >= 15 is 0 Å². The topological polar surface area (TPSA) is 173 Å². The number of phenolic OH excluding ortho intramolecular Hbond substituents is 1. The Labute approximate surface area is 183 Å². The van der Waals surface area contributed by atoms with E-state index in [4.69, 9.17) is 5.73 Å². The van der Waals surface area contributed by atoms with Crippen LogP contribution in [-0.4, -0.2) is 75.6 Å². The molecule has 4 rings (SSSR count). The molecule has 0 aromatic heterocycles. The second-order valence-electron chi connectivity index (χ2n) is 8.70. The molecule has 0 radical (unpaired) electrons. The van der Waals surface area contributed by atoms with Gasteiger partial charge in [-0.3, -0.25) is 19.3 Å². The first-order chi connectivity index (χ1) is 15.0. The lowest BCUT2D eigenvalue weighted by atomic mass is 9.57. The molecule has 7 N–H and O–H groups in total. The first-order valence-corrected chi connectivity index (χ1v) is 10.1. The van der Waals surface area contributed by atoms with E-state index in [1.54, 1.807) is 27.2 Å². The number of carbonyl (C=O) groups excluding carboxylic acids is 3. The second kappa shape index (κ2) is 7.07. The Bertz CT molecular complexity index is 1140. The molecule has 0 saturated heterocycles. The number of nitrogens with two attached hydrogens (primary N) is 1. The van der Waals surface area contributed by atoms with Crippen LogP contribution >= 0.6 is 0 Å². The van der Waals surface area contributed by atoms with Crippen LogP contribution in [0.2, 0.25) is 0 Å². The number of hydrogen-bond acceptors (Lipinski definition) is 9. The molecule has 1 saturated carbocycles. The molecule has 1 fully saturated rings. The molecule has 4 atom stereocenters. The molecule has 1 amide bonds. The number of aliphatic hydroxyl groups is 3. The number of aliphatic hydroxyl groups excluding tert-OH is 2. The SMILES string of the molecule is CNc1ccc(O)c2c1C[C@@H]1C[C@@H]3[C@H](N(C)C)C(=O)C(C(N)=O)=C(O)[C@]3(O)C(=O)C1=C2O. The maximum atomic E-state index is 13.6. The minimum absolute atomic E-state index is 0.0601. The van der Waals surface area contributed by atoms with Gasteiger partial charge in [0.2, 0.25) is 5.78 Å². The number of nitrogens with one attached hydrogen (secondary N) is 1. The number of phenols is 1. The lowest BCUT2D eigenvalue weighted by Gasteiger charge is -2.50. The van der Waals surface area contributed by atoms with Crippen LogP contribution in [0, 0.1) is 11.8 Å². The van der Waals surface area contributed by atoms with Crippen LogP contribution in [0.4, 0.5) is 5.69 Å². The third kappa shape index (κ3) is 2.63. The molecule has 10 nitrogen and oxygen atoms in total. The maximum absolute atomic E-state index is 13.6. The van der Waals surface area contributed by atoms with Crippen molar-refractivity contribution < 1.29 is 34.8 Å². The summed E-state index contributed by atoms with van der Waals surface area (Å²) in [6.45, 7) is 0. The van der Waals surface area contributed by atoms with Crippen LogP contribution in [0.15, 0.2) is 29.0 Å². The molecule has 3 aliphatic rings. The van der Waals surface area contributed by atoms with Gasteiger partial charge < -0.3 is 31.5 Å². The van der Waals surface area contributed by atoms with Crippen molar-refractivity contribution in [1.82, 2.24) is 4.90 Å². The van der Waals surface area contributed by atoms with Crippen molar-refractivity contribution in [1.29, 1.82) is 0 Å². The highest BCUT2D eigenvalue weighted by Crippen LogP contribution is 2.53. The first kappa shape index (κ1) is 21.8. The molecular weight excluding hydrogens is 418 g/mol. The summed E-state index contributed by atoms with van der Waals surface area (Å²) in [5.74, 6) is -6.58. The third-order valence-electron chi connectivity index (χ3n) is 6.87. The number of hydrogen-bond donors (Lipinski definition) is 6. The highest BCUT2D eigenvalue weighted by molar-refractivity contribution is 6.24. The summed E-state index contributed by atoms with van der Waals surface area (Å²) in [5, 5.41) is 46.6. The fourth-order valence-electron chi connectivity index (χ4n) is 5.48. The standard InChI is InChI=1S/C22H25N3O7/c1-24-11-4-5-12(26)14-9(11)6-8-7-10-16(25(2)3)18(28)15(21(23)31)20(30)22(10,32)19(29)13(8)17(14)27/h4-5,8,10,16,24,26-27,30,32H,6-7H2,1-3H3,(H2,23,31)/t8-,10-,16+,22-/m1/s1. The predicted octanol–water partition coefficient (Wildman–Crippen LogP) is 0.00570. The number of benzene rings is 1. The molecule has 0 bridgehead atoms. The van der Waals surface area contributed by atoms with Crippen LogP contribution in [0.5, 0.6) is 5.75 Å².